The van der Waals surface area contributed by atoms with E-state index < -0.39 is 11.9 Å². The maximum atomic E-state index is 13.3. The highest BCUT2D eigenvalue weighted by atomic mass is 16.3. The number of anilines is 3. The molecule has 4 saturated heterocycles. The molecule has 15 heteroatoms. The van der Waals surface area contributed by atoms with Crippen LogP contribution < -0.4 is 26.5 Å². The van der Waals surface area contributed by atoms with Gasteiger partial charge < -0.3 is 25.5 Å². The van der Waals surface area contributed by atoms with Crippen LogP contribution in [0, 0.1) is 0 Å². The van der Waals surface area contributed by atoms with Crippen LogP contribution in [0.5, 0.6) is 5.75 Å². The minimum absolute atomic E-state index is 0.167. The first-order valence-corrected chi connectivity index (χ1v) is 21.3. The third-order valence-electron chi connectivity index (χ3n) is 13.9. The van der Waals surface area contributed by atoms with Crippen molar-refractivity contribution >= 4 is 40.2 Å². The lowest BCUT2D eigenvalue weighted by molar-refractivity contribution is -0.135. The van der Waals surface area contributed by atoms with Crippen LogP contribution in [0.4, 0.5) is 17.3 Å². The van der Waals surface area contributed by atoms with Crippen molar-refractivity contribution in [3.63, 3.8) is 0 Å². The molecule has 4 N–H and O–H groups in total. The molecule has 2 bridgehead atoms. The number of amides is 2. The molecular formula is C44H51N11O4. The molecule has 0 radical (unpaired) electrons. The summed E-state index contributed by atoms with van der Waals surface area (Å²) in [6.45, 7) is 3.70. The lowest BCUT2D eigenvalue weighted by Crippen LogP contribution is -2.54. The van der Waals surface area contributed by atoms with Gasteiger partial charge in [-0.1, -0.05) is 18.2 Å². The smallest absolute Gasteiger partial charge is 0.329 e. The summed E-state index contributed by atoms with van der Waals surface area (Å²) in [7, 11) is 1.76. The van der Waals surface area contributed by atoms with Crippen molar-refractivity contribution in [3.8, 4) is 17.0 Å². The first kappa shape index (κ1) is 37.4. The Morgan fingerprint density at radius 1 is 0.797 bits per heavy atom. The van der Waals surface area contributed by atoms with Gasteiger partial charge >= 0.3 is 5.69 Å². The van der Waals surface area contributed by atoms with Crippen LogP contribution in [0.1, 0.15) is 93.5 Å². The monoisotopic (exact) mass is 797 g/mol. The number of hydrogen-bond acceptors (Lipinski definition) is 12. The normalized spacial score (nSPS) is 25.5. The second-order valence-corrected chi connectivity index (χ2v) is 17.2. The Morgan fingerprint density at radius 3 is 2.29 bits per heavy atom. The summed E-state index contributed by atoms with van der Waals surface area (Å²) < 4.78 is 3.19. The van der Waals surface area contributed by atoms with Crippen LogP contribution >= 0.6 is 0 Å². The number of aryl methyl sites for hydroxylation is 1. The van der Waals surface area contributed by atoms with Gasteiger partial charge in [0.25, 0.3) is 0 Å². The van der Waals surface area contributed by atoms with Gasteiger partial charge in [0.05, 0.1) is 22.4 Å². The summed E-state index contributed by atoms with van der Waals surface area (Å²) >= 11 is 0. The number of nitrogens with one attached hydrogen (secondary N) is 1. The van der Waals surface area contributed by atoms with Crippen molar-refractivity contribution < 1.29 is 14.7 Å². The zero-order valence-corrected chi connectivity index (χ0v) is 33.4. The summed E-state index contributed by atoms with van der Waals surface area (Å²) in [5.41, 5.74) is 11.1. The number of para-hydroxylation sites is 1. The van der Waals surface area contributed by atoms with E-state index in [9.17, 15) is 19.5 Å². The minimum atomic E-state index is -0.674. The fourth-order valence-electron chi connectivity index (χ4n) is 10.8. The highest BCUT2D eigenvalue weighted by Gasteiger charge is 2.42. The number of aromatic hydroxyl groups is 1. The van der Waals surface area contributed by atoms with Crippen molar-refractivity contribution in [2.45, 2.75) is 100 Å². The molecular weight excluding hydrogens is 747 g/mol. The van der Waals surface area contributed by atoms with E-state index in [-0.39, 0.29) is 23.8 Å². The lowest BCUT2D eigenvalue weighted by atomic mass is 9.80. The Morgan fingerprint density at radius 2 is 1.54 bits per heavy atom. The number of rotatable bonds is 7. The number of benzene rings is 2. The molecule has 5 aliphatic rings. The first-order chi connectivity index (χ1) is 28.7. The molecule has 306 valence electrons. The van der Waals surface area contributed by atoms with E-state index in [1.165, 1.54) is 5.56 Å². The average molecular weight is 798 g/mol. The Kier molecular flexibility index (Phi) is 9.57. The van der Waals surface area contributed by atoms with Crippen LogP contribution in [-0.2, 0) is 16.6 Å². The molecule has 3 aromatic heterocycles. The fourth-order valence-corrected chi connectivity index (χ4v) is 10.8. The van der Waals surface area contributed by atoms with E-state index >= 15 is 0 Å². The van der Waals surface area contributed by atoms with Gasteiger partial charge in [0.1, 0.15) is 23.4 Å². The number of carbonyl (C=O) groups excluding carboxylic acids is 2. The van der Waals surface area contributed by atoms with Gasteiger partial charge in [0.2, 0.25) is 11.8 Å². The SMILES string of the molecule is Cn1c(=O)n(C2CCC(=O)NC2=O)c2ccc(C3CCC(N4CCC(c5nccc(N6C7CCC6CN(c6cc(-c8ccccc8O)nnc6N)C7)n5)CC4)CC3)cc21. The Balaban J connectivity index is 0.755. The summed E-state index contributed by atoms with van der Waals surface area (Å²) in [4.78, 5) is 55.3. The predicted molar refractivity (Wildman–Crippen MR) is 224 cm³/mol. The highest BCUT2D eigenvalue weighted by Crippen LogP contribution is 2.41. The zero-order valence-electron chi connectivity index (χ0n) is 33.4. The number of likely N-dealkylation sites (tertiary alicyclic amines) is 1. The predicted octanol–water partition coefficient (Wildman–Crippen LogP) is 4.62. The molecule has 5 aromatic rings. The van der Waals surface area contributed by atoms with Crippen molar-refractivity contribution in [3.05, 3.63) is 82.7 Å². The van der Waals surface area contributed by atoms with Gasteiger partial charge in [-0.05, 0) is 119 Å². The van der Waals surface area contributed by atoms with Gasteiger partial charge in [-0.15, -0.1) is 10.2 Å². The van der Waals surface area contributed by atoms with E-state index in [0.717, 1.165) is 106 Å². The van der Waals surface area contributed by atoms with Crippen LogP contribution in [0.25, 0.3) is 22.3 Å². The number of hydrogen-bond donors (Lipinski definition) is 3. The standard InChI is InChI=1S/C44H51N11O4/c1-51-36-22-28(8-13-34(36)55(44(51)59)35-14-15-40(57)48-43(35)58)26-6-9-29(10-7-26)52-20-17-27(18-21-52)42-46-19-16-39(47-42)54-30-11-12-31(54)25-53(24-30)37-23-33(49-50-41(37)45)32-4-2-3-5-38(32)56/h2-5,8,13,16,19,22-23,26-27,29-31,35,56H,6-7,9-12,14-15,17-18,20-21,24-25H2,1H3,(H2,45,50)(H,48,57,58). The number of imidazole rings is 1. The van der Waals surface area contributed by atoms with Crippen molar-refractivity contribution in [1.29, 1.82) is 0 Å². The molecule has 5 fully saturated rings. The number of phenols is 1. The number of nitrogen functional groups attached to an aromatic ring is 1. The highest BCUT2D eigenvalue weighted by molar-refractivity contribution is 6.00. The second-order valence-electron chi connectivity index (χ2n) is 17.2. The average Bonchev–Trinajstić information content (AvgIpc) is 3.67. The van der Waals surface area contributed by atoms with Crippen molar-refractivity contribution in [2.75, 3.05) is 41.7 Å². The number of carbonyl (C=O) groups is 2. The summed E-state index contributed by atoms with van der Waals surface area (Å²) in [6, 6.07) is 17.9. The molecule has 4 aliphatic heterocycles. The third kappa shape index (κ3) is 6.78. The molecule has 10 rings (SSSR count). The van der Waals surface area contributed by atoms with Crippen molar-refractivity contribution in [1.82, 2.24) is 39.5 Å². The van der Waals surface area contributed by atoms with Crippen LogP contribution in [0.2, 0.25) is 0 Å². The van der Waals surface area contributed by atoms with E-state index in [0.29, 0.717) is 53.5 Å². The maximum Gasteiger partial charge on any atom is 0.329 e. The lowest BCUT2D eigenvalue weighted by Gasteiger charge is -2.43. The molecule has 2 amide bonds. The number of phenolic OH excluding ortho intramolecular Hbond substituents is 1. The van der Waals surface area contributed by atoms with E-state index in [1.807, 2.05) is 30.5 Å². The molecule has 7 heterocycles. The summed E-state index contributed by atoms with van der Waals surface area (Å²) in [6.07, 6.45) is 11.2. The Bertz CT molecular complexity index is 2470. The molecule has 3 atom stereocenters. The Labute approximate surface area is 342 Å². The van der Waals surface area contributed by atoms with E-state index in [2.05, 4.69) is 48.4 Å². The molecule has 1 saturated carbocycles. The molecule has 3 unspecified atom stereocenters. The largest absolute Gasteiger partial charge is 0.507 e. The quantitative estimate of drug-likeness (QED) is 0.195. The molecule has 0 spiro atoms. The number of nitrogens with two attached hydrogens (primary N) is 1. The fraction of sp³-hybridized carbons (Fsp3) is 0.477. The molecule has 15 nitrogen and oxygen atoms in total. The first-order valence-electron chi connectivity index (χ1n) is 21.3. The Hall–Kier alpha value is -5.83. The topological polar surface area (TPSA) is 181 Å². The zero-order chi connectivity index (χ0) is 40.4. The van der Waals surface area contributed by atoms with Crippen LogP contribution in [0.3, 0.4) is 0 Å². The number of piperidine rings is 2. The third-order valence-corrected chi connectivity index (χ3v) is 13.9. The molecule has 2 aromatic carbocycles. The van der Waals surface area contributed by atoms with Crippen molar-refractivity contribution in [2.24, 2.45) is 7.05 Å². The van der Waals surface area contributed by atoms with Gasteiger partial charge in [-0.2, -0.15) is 0 Å². The number of piperazine rings is 1. The number of nitrogens with zero attached hydrogens (tertiary/aromatic N) is 9. The van der Waals surface area contributed by atoms with Gasteiger partial charge in [-0.25, -0.2) is 14.8 Å². The number of aromatic nitrogens is 6. The summed E-state index contributed by atoms with van der Waals surface area (Å²) in [5, 5.41) is 21.4. The number of fused-ring (bicyclic) bond motifs is 3. The van der Waals surface area contributed by atoms with Gasteiger partial charge in [0.15, 0.2) is 5.82 Å². The second kappa shape index (κ2) is 15.1. The minimum Gasteiger partial charge on any atom is -0.507 e. The molecule has 59 heavy (non-hydrogen) atoms. The van der Waals surface area contributed by atoms with Crippen LogP contribution in [0.15, 0.2) is 65.6 Å². The maximum absolute atomic E-state index is 13.3. The van der Waals surface area contributed by atoms with E-state index in [1.54, 1.807) is 28.3 Å². The summed E-state index contributed by atoms with van der Waals surface area (Å²) in [5.74, 6) is 2.61. The van der Waals surface area contributed by atoms with Gasteiger partial charge in [0, 0.05) is 62.4 Å². The molecule has 1 aliphatic carbocycles. The van der Waals surface area contributed by atoms with E-state index in [4.69, 9.17) is 15.7 Å². The number of imide groups is 1. The van der Waals surface area contributed by atoms with Gasteiger partial charge in [-0.3, -0.25) is 24.0 Å². The van der Waals surface area contributed by atoms with Crippen LogP contribution in [-0.4, -0.2) is 95.4 Å².